The minimum Gasteiger partial charge on any atom is -0.298 e. The molecule has 4 rings (SSSR count). The Hall–Kier alpha value is -3.35. The Labute approximate surface area is 177 Å². The zero-order valence-electron chi connectivity index (χ0n) is 15.0. The van der Waals surface area contributed by atoms with E-state index in [4.69, 9.17) is 23.8 Å². The average molecular weight is 420 g/mol. The second-order valence-electron chi connectivity index (χ2n) is 6.27. The Morgan fingerprint density at radius 3 is 2.34 bits per heavy atom. The van der Waals surface area contributed by atoms with Crippen molar-refractivity contribution in [2.45, 2.75) is 0 Å². The summed E-state index contributed by atoms with van der Waals surface area (Å²) in [5.74, 6) is -1.02. The Bertz CT molecular complexity index is 1130. The van der Waals surface area contributed by atoms with Crippen molar-refractivity contribution in [2.75, 3.05) is 4.90 Å². The Morgan fingerprint density at radius 2 is 1.69 bits per heavy atom. The number of hydrogen-bond donors (Lipinski definition) is 1. The first kappa shape index (κ1) is 19.0. The number of amides is 2. The lowest BCUT2D eigenvalue weighted by molar-refractivity contribution is -0.122. The van der Waals surface area contributed by atoms with E-state index in [1.165, 1.54) is 4.90 Å². The fourth-order valence-corrected chi connectivity index (χ4v) is 3.34. The molecular formula is C22H14ClN3O2S. The number of carbonyl (C=O) groups excluding carboxylic acids is 2. The van der Waals surface area contributed by atoms with Crippen LogP contribution in [-0.4, -0.2) is 21.9 Å². The van der Waals surface area contributed by atoms with Crippen LogP contribution in [0.15, 0.2) is 78.5 Å². The lowest BCUT2D eigenvalue weighted by atomic mass is 10.0. The van der Waals surface area contributed by atoms with Crippen molar-refractivity contribution in [3.63, 3.8) is 0 Å². The standard InChI is InChI=1S/C22H14ClN3O2S/c23-16-8-10-17(11-9-16)26-21(28)18(20(27)25-22(26)29)13-14-4-6-15(7-5-14)19-3-1-2-12-24-19/h1-13H,(H,25,27,29). The summed E-state index contributed by atoms with van der Waals surface area (Å²) in [6, 6.07) is 19.8. The second-order valence-corrected chi connectivity index (χ2v) is 7.09. The average Bonchev–Trinajstić information content (AvgIpc) is 2.73. The number of carbonyl (C=O) groups is 2. The van der Waals surface area contributed by atoms with Crippen LogP contribution in [0.3, 0.4) is 0 Å². The predicted octanol–water partition coefficient (Wildman–Crippen LogP) is 4.23. The van der Waals surface area contributed by atoms with Crippen LogP contribution >= 0.6 is 23.8 Å². The van der Waals surface area contributed by atoms with Gasteiger partial charge in [0.1, 0.15) is 5.57 Å². The first-order chi connectivity index (χ1) is 14.0. The van der Waals surface area contributed by atoms with Crippen molar-refractivity contribution in [3.8, 4) is 11.3 Å². The molecule has 1 aliphatic heterocycles. The van der Waals surface area contributed by atoms with E-state index in [0.29, 0.717) is 16.3 Å². The van der Waals surface area contributed by atoms with Crippen LogP contribution in [-0.2, 0) is 9.59 Å². The molecule has 1 aliphatic rings. The van der Waals surface area contributed by atoms with Crippen molar-refractivity contribution >= 4 is 52.5 Å². The number of pyridine rings is 1. The Morgan fingerprint density at radius 1 is 0.966 bits per heavy atom. The van der Waals surface area contributed by atoms with Crippen LogP contribution in [0.4, 0.5) is 5.69 Å². The van der Waals surface area contributed by atoms with E-state index in [9.17, 15) is 9.59 Å². The second kappa shape index (κ2) is 7.95. The minimum atomic E-state index is -0.529. The first-order valence-electron chi connectivity index (χ1n) is 8.71. The van der Waals surface area contributed by atoms with Gasteiger partial charge in [-0.1, -0.05) is 41.9 Å². The van der Waals surface area contributed by atoms with Gasteiger partial charge in [-0.15, -0.1) is 0 Å². The number of hydrogen-bond acceptors (Lipinski definition) is 4. The molecule has 2 amide bonds. The van der Waals surface area contributed by atoms with Crippen LogP contribution in [0.1, 0.15) is 5.56 Å². The Kier molecular flexibility index (Phi) is 5.20. The molecule has 2 aromatic carbocycles. The summed E-state index contributed by atoms with van der Waals surface area (Å²) in [6.45, 7) is 0. The summed E-state index contributed by atoms with van der Waals surface area (Å²) in [7, 11) is 0. The lowest BCUT2D eigenvalue weighted by Gasteiger charge is -2.28. The molecule has 29 heavy (non-hydrogen) atoms. The first-order valence-corrected chi connectivity index (χ1v) is 9.50. The highest BCUT2D eigenvalue weighted by atomic mass is 35.5. The molecule has 1 saturated heterocycles. The fourth-order valence-electron chi connectivity index (χ4n) is 2.93. The van der Waals surface area contributed by atoms with E-state index < -0.39 is 11.8 Å². The van der Waals surface area contributed by atoms with Gasteiger partial charge in [-0.3, -0.25) is 24.8 Å². The maximum absolute atomic E-state index is 13.0. The van der Waals surface area contributed by atoms with Gasteiger partial charge in [0.25, 0.3) is 11.8 Å². The van der Waals surface area contributed by atoms with Crippen molar-refractivity contribution in [2.24, 2.45) is 0 Å². The molecule has 0 bridgehead atoms. The van der Waals surface area contributed by atoms with Crippen molar-refractivity contribution in [1.82, 2.24) is 10.3 Å². The third-order valence-electron chi connectivity index (χ3n) is 4.37. The highest BCUT2D eigenvalue weighted by molar-refractivity contribution is 7.80. The topological polar surface area (TPSA) is 62.3 Å². The number of thiocarbonyl (C=S) groups is 1. The smallest absolute Gasteiger partial charge is 0.270 e. The molecule has 2 heterocycles. The van der Waals surface area contributed by atoms with Gasteiger partial charge in [0.15, 0.2) is 5.11 Å². The Balaban J connectivity index is 1.65. The summed E-state index contributed by atoms with van der Waals surface area (Å²) in [5, 5.41) is 3.14. The molecule has 0 aliphatic carbocycles. The summed E-state index contributed by atoms with van der Waals surface area (Å²) in [6.07, 6.45) is 3.27. The van der Waals surface area contributed by atoms with Gasteiger partial charge >= 0.3 is 0 Å². The van der Waals surface area contributed by atoms with Gasteiger partial charge < -0.3 is 0 Å². The summed E-state index contributed by atoms with van der Waals surface area (Å²) in [5.41, 5.74) is 3.03. The molecule has 0 atom stereocenters. The van der Waals surface area contributed by atoms with Crippen LogP contribution < -0.4 is 10.2 Å². The van der Waals surface area contributed by atoms with Crippen LogP contribution in [0.25, 0.3) is 17.3 Å². The van der Waals surface area contributed by atoms with E-state index in [1.54, 1.807) is 36.5 Å². The molecule has 1 fully saturated rings. The molecule has 0 radical (unpaired) electrons. The molecule has 0 unspecified atom stereocenters. The third-order valence-corrected chi connectivity index (χ3v) is 4.91. The molecule has 5 nitrogen and oxygen atoms in total. The predicted molar refractivity (Wildman–Crippen MR) is 117 cm³/mol. The molecule has 1 N–H and O–H groups in total. The maximum Gasteiger partial charge on any atom is 0.270 e. The number of anilines is 1. The molecule has 0 spiro atoms. The van der Waals surface area contributed by atoms with Crippen LogP contribution in [0, 0.1) is 0 Å². The molecule has 142 valence electrons. The minimum absolute atomic E-state index is 0.000800. The van der Waals surface area contributed by atoms with Gasteiger partial charge in [-0.25, -0.2) is 0 Å². The van der Waals surface area contributed by atoms with Crippen LogP contribution in [0.5, 0.6) is 0 Å². The number of nitrogens with one attached hydrogen (secondary N) is 1. The van der Waals surface area contributed by atoms with E-state index in [1.807, 2.05) is 42.5 Å². The van der Waals surface area contributed by atoms with E-state index >= 15 is 0 Å². The van der Waals surface area contributed by atoms with Crippen molar-refractivity contribution in [1.29, 1.82) is 0 Å². The highest BCUT2D eigenvalue weighted by Crippen LogP contribution is 2.24. The van der Waals surface area contributed by atoms with Gasteiger partial charge in [0.2, 0.25) is 0 Å². The van der Waals surface area contributed by atoms with E-state index in [0.717, 1.165) is 11.3 Å². The largest absolute Gasteiger partial charge is 0.298 e. The fraction of sp³-hybridized carbons (Fsp3) is 0. The van der Waals surface area contributed by atoms with Gasteiger partial charge in [0.05, 0.1) is 11.4 Å². The molecule has 1 aromatic heterocycles. The highest BCUT2D eigenvalue weighted by Gasteiger charge is 2.34. The number of nitrogens with zero attached hydrogens (tertiary/aromatic N) is 2. The zero-order chi connectivity index (χ0) is 20.4. The van der Waals surface area contributed by atoms with Crippen molar-refractivity contribution in [3.05, 3.63) is 89.1 Å². The normalized spacial score (nSPS) is 15.6. The summed E-state index contributed by atoms with van der Waals surface area (Å²) < 4.78 is 0. The number of halogens is 1. The monoisotopic (exact) mass is 419 g/mol. The van der Waals surface area contributed by atoms with Gasteiger partial charge in [-0.2, -0.15) is 0 Å². The molecule has 7 heteroatoms. The summed E-state index contributed by atoms with van der Waals surface area (Å²) in [4.78, 5) is 31.0. The van der Waals surface area contributed by atoms with E-state index in [-0.39, 0.29) is 10.7 Å². The summed E-state index contributed by atoms with van der Waals surface area (Å²) >= 11 is 11.1. The van der Waals surface area contributed by atoms with Crippen molar-refractivity contribution < 1.29 is 9.59 Å². The van der Waals surface area contributed by atoms with Gasteiger partial charge in [0, 0.05) is 16.8 Å². The number of benzene rings is 2. The molecule has 0 saturated carbocycles. The SMILES string of the molecule is O=C1NC(=S)N(c2ccc(Cl)cc2)C(=O)C1=Cc1ccc(-c2ccccn2)cc1. The number of aromatic nitrogens is 1. The zero-order valence-corrected chi connectivity index (χ0v) is 16.6. The van der Waals surface area contributed by atoms with Crippen LogP contribution in [0.2, 0.25) is 5.02 Å². The lowest BCUT2D eigenvalue weighted by Crippen LogP contribution is -2.54. The third kappa shape index (κ3) is 3.94. The van der Waals surface area contributed by atoms with E-state index in [2.05, 4.69) is 10.3 Å². The number of rotatable bonds is 3. The quantitative estimate of drug-likeness (QED) is 0.392. The molecular weight excluding hydrogens is 406 g/mol. The van der Waals surface area contributed by atoms with Gasteiger partial charge in [-0.05, 0) is 60.3 Å². The molecule has 3 aromatic rings. The maximum atomic E-state index is 13.0.